The normalized spacial score (nSPS) is 8.42. The summed E-state index contributed by atoms with van der Waals surface area (Å²) < 4.78 is 0. The summed E-state index contributed by atoms with van der Waals surface area (Å²) in [6.07, 6.45) is 4.34. The molecule has 3 aromatic heterocycles. The Morgan fingerprint density at radius 3 is 0.885 bits per heavy atom. The Hall–Kier alpha value is -1.12. The van der Waals surface area contributed by atoms with Crippen molar-refractivity contribution in [2.45, 2.75) is 0 Å². The van der Waals surface area contributed by atoms with Crippen LogP contribution in [0.3, 0.4) is 0 Å². The largest absolute Gasteiger partial charge is 0.328 e. The summed E-state index contributed by atoms with van der Waals surface area (Å²) in [5.41, 5.74) is -0.391. The van der Waals surface area contributed by atoms with Crippen LogP contribution < -0.4 is 16.7 Å². The van der Waals surface area contributed by atoms with E-state index in [1.165, 1.54) is 36.8 Å². The minimum absolute atomic E-state index is 0. The van der Waals surface area contributed by atoms with E-state index in [4.69, 9.17) is 34.8 Å². The molecule has 0 unspecified atom stereocenters. The molecule has 0 aliphatic carbocycles. The summed E-state index contributed by atoms with van der Waals surface area (Å²) >= 11 is 16.3. The maximum Gasteiger partial charge on any atom is 0.247 e. The molecular formula is C15H13Cl4InN3O3. The molecule has 26 heavy (non-hydrogen) atoms. The quantitative estimate of drug-likeness (QED) is 0.409. The van der Waals surface area contributed by atoms with E-state index in [0.29, 0.717) is 15.1 Å². The Kier molecular flexibility index (Phi) is 15.6. The monoisotopic (exact) mass is 538 g/mol. The number of halogens is 4. The third-order valence-corrected chi connectivity index (χ3v) is 2.94. The summed E-state index contributed by atoms with van der Waals surface area (Å²) in [4.78, 5) is 38.2. The van der Waals surface area contributed by atoms with E-state index >= 15 is 0 Å². The van der Waals surface area contributed by atoms with Gasteiger partial charge < -0.3 is 15.0 Å². The van der Waals surface area contributed by atoms with Gasteiger partial charge >= 0.3 is 0 Å². The van der Waals surface area contributed by atoms with Crippen LogP contribution >= 0.6 is 47.2 Å². The van der Waals surface area contributed by atoms with E-state index in [2.05, 4.69) is 15.0 Å². The number of hydrogen-bond donors (Lipinski definition) is 3. The molecule has 0 aliphatic heterocycles. The Labute approximate surface area is 188 Å². The zero-order valence-electron chi connectivity index (χ0n) is 13.0. The van der Waals surface area contributed by atoms with Gasteiger partial charge in [-0.2, -0.15) is 0 Å². The van der Waals surface area contributed by atoms with Crippen LogP contribution in [0.4, 0.5) is 0 Å². The van der Waals surface area contributed by atoms with Crippen molar-refractivity contribution in [2.75, 3.05) is 0 Å². The number of nitrogens with one attached hydrogen (secondary N) is 3. The standard InChI is InChI=1S/3C5H4ClNO.ClH.In/c3*6-4-1-2-5(8)7-3-4;;/h3*1-3H,(H,7,8);1H;. The Morgan fingerprint density at radius 2 is 0.769 bits per heavy atom. The molecule has 3 radical (unpaired) electrons. The van der Waals surface area contributed by atoms with E-state index in [-0.39, 0.29) is 54.9 Å². The van der Waals surface area contributed by atoms with Crippen LogP contribution in [0.5, 0.6) is 0 Å². The second-order valence-corrected chi connectivity index (χ2v) is 5.42. The van der Waals surface area contributed by atoms with Crippen LogP contribution in [0, 0.1) is 0 Å². The summed E-state index contributed by atoms with van der Waals surface area (Å²) in [6.45, 7) is 0. The third kappa shape index (κ3) is 13.1. The molecular weight excluding hydrogens is 527 g/mol. The Morgan fingerprint density at radius 1 is 0.538 bits per heavy atom. The van der Waals surface area contributed by atoms with Crippen molar-refractivity contribution < 1.29 is 0 Å². The van der Waals surface area contributed by atoms with Crippen LogP contribution in [0.25, 0.3) is 0 Å². The SMILES string of the molecule is Cl.O=c1ccc(Cl)c[nH]1.O=c1ccc(Cl)c[nH]1.O=c1ccc(Cl)c[nH]1.[In]. The minimum Gasteiger partial charge on any atom is -0.328 e. The van der Waals surface area contributed by atoms with Gasteiger partial charge in [-0.3, -0.25) is 14.4 Å². The van der Waals surface area contributed by atoms with Crippen molar-refractivity contribution in [3.8, 4) is 0 Å². The summed E-state index contributed by atoms with van der Waals surface area (Å²) in [6, 6.07) is 8.76. The molecule has 0 amide bonds. The molecule has 3 heterocycles. The molecule has 0 atom stereocenters. The van der Waals surface area contributed by atoms with Gasteiger partial charge in [-0.05, 0) is 18.2 Å². The Balaban J connectivity index is 0. The number of aromatic amines is 3. The van der Waals surface area contributed by atoms with E-state index in [0.717, 1.165) is 0 Å². The van der Waals surface area contributed by atoms with Crippen molar-refractivity contribution in [2.24, 2.45) is 0 Å². The predicted octanol–water partition coefficient (Wildman–Crippen LogP) is 3.13. The van der Waals surface area contributed by atoms with Crippen molar-refractivity contribution in [3.05, 3.63) is 101 Å². The van der Waals surface area contributed by atoms with Crippen molar-refractivity contribution in [3.63, 3.8) is 0 Å². The van der Waals surface area contributed by atoms with Crippen LogP contribution in [-0.2, 0) is 0 Å². The van der Waals surface area contributed by atoms with Gasteiger partial charge in [0, 0.05) is 62.6 Å². The van der Waals surface area contributed by atoms with Crippen molar-refractivity contribution in [1.82, 2.24) is 15.0 Å². The molecule has 6 nitrogen and oxygen atoms in total. The van der Waals surface area contributed by atoms with Gasteiger partial charge in [0.1, 0.15) is 0 Å². The molecule has 0 bridgehead atoms. The fraction of sp³-hybridized carbons (Fsp3) is 0. The van der Waals surface area contributed by atoms with E-state index < -0.39 is 0 Å². The topological polar surface area (TPSA) is 98.6 Å². The molecule has 3 rings (SSSR count). The van der Waals surface area contributed by atoms with Crippen LogP contribution in [0.1, 0.15) is 0 Å². The molecule has 3 N–H and O–H groups in total. The third-order valence-electron chi connectivity index (χ3n) is 2.24. The van der Waals surface area contributed by atoms with Gasteiger partial charge in [0.2, 0.25) is 16.7 Å². The molecule has 137 valence electrons. The predicted molar refractivity (Wildman–Crippen MR) is 109 cm³/mol. The molecule has 0 saturated heterocycles. The number of H-pyrrole nitrogens is 3. The molecule has 0 spiro atoms. The average molecular weight is 540 g/mol. The summed E-state index contributed by atoms with van der Waals surface area (Å²) in [7, 11) is 0. The number of rotatable bonds is 0. The molecule has 0 saturated carbocycles. The average Bonchev–Trinajstić information content (AvgIpc) is 2.57. The van der Waals surface area contributed by atoms with Gasteiger partial charge in [-0.25, -0.2) is 0 Å². The smallest absolute Gasteiger partial charge is 0.247 e. The van der Waals surface area contributed by atoms with Crippen molar-refractivity contribution in [1.29, 1.82) is 0 Å². The van der Waals surface area contributed by atoms with Gasteiger partial charge in [0.25, 0.3) is 0 Å². The fourth-order valence-corrected chi connectivity index (χ4v) is 1.53. The maximum atomic E-state index is 10.3. The van der Waals surface area contributed by atoms with Gasteiger partial charge in [-0.15, -0.1) is 12.4 Å². The first-order chi connectivity index (χ1) is 11.4. The molecule has 11 heteroatoms. The first-order valence-corrected chi connectivity index (χ1v) is 7.53. The number of pyridine rings is 3. The van der Waals surface area contributed by atoms with Crippen molar-refractivity contribution >= 4 is 73.1 Å². The number of aromatic nitrogens is 3. The number of hydrogen-bond acceptors (Lipinski definition) is 3. The molecule has 0 aromatic carbocycles. The zero-order valence-corrected chi connectivity index (χ0v) is 19.4. The minimum atomic E-state index is -0.130. The Bertz CT molecular complexity index is 760. The van der Waals surface area contributed by atoms with Gasteiger partial charge in [-0.1, -0.05) is 34.8 Å². The fourth-order valence-electron chi connectivity index (χ4n) is 1.17. The van der Waals surface area contributed by atoms with Crippen LogP contribution in [0.2, 0.25) is 15.1 Å². The second-order valence-electron chi connectivity index (χ2n) is 4.11. The van der Waals surface area contributed by atoms with Crippen LogP contribution in [-0.4, -0.2) is 40.8 Å². The van der Waals surface area contributed by atoms with Gasteiger partial charge in [0.05, 0.1) is 15.1 Å². The van der Waals surface area contributed by atoms with E-state index in [1.807, 2.05) is 0 Å². The summed E-state index contributed by atoms with van der Waals surface area (Å²) in [5.74, 6) is 0. The molecule has 0 fully saturated rings. The zero-order chi connectivity index (χ0) is 17.9. The first-order valence-electron chi connectivity index (χ1n) is 6.39. The molecule has 3 aromatic rings. The first kappa shape index (κ1) is 27.1. The second kappa shape index (κ2) is 15.0. The van der Waals surface area contributed by atoms with E-state index in [9.17, 15) is 14.4 Å². The molecule has 0 aliphatic rings. The maximum absolute atomic E-state index is 10.3. The van der Waals surface area contributed by atoms with Gasteiger partial charge in [0.15, 0.2) is 0 Å². The summed E-state index contributed by atoms with van der Waals surface area (Å²) in [5, 5.41) is 1.64. The van der Waals surface area contributed by atoms with E-state index in [1.54, 1.807) is 18.2 Å². The van der Waals surface area contributed by atoms with Crippen LogP contribution in [0.15, 0.2) is 69.4 Å².